The highest BCUT2D eigenvalue weighted by molar-refractivity contribution is 5.92. The fraction of sp³-hybridized carbons (Fsp3) is 0.391. The van der Waals surface area contributed by atoms with Gasteiger partial charge in [-0.1, -0.05) is 0 Å². The van der Waals surface area contributed by atoms with Crippen LogP contribution in [0.4, 0.5) is 24.7 Å². The number of ether oxygens (including phenoxy) is 3. The van der Waals surface area contributed by atoms with E-state index in [1.54, 1.807) is 26.0 Å². The number of benzene rings is 2. The number of aryl methyl sites for hydroxylation is 1. The van der Waals surface area contributed by atoms with E-state index in [1.165, 1.54) is 6.07 Å². The molecule has 0 aliphatic carbocycles. The average molecular weight is 462 g/mol. The van der Waals surface area contributed by atoms with Gasteiger partial charge in [0.15, 0.2) is 11.5 Å². The van der Waals surface area contributed by atoms with Gasteiger partial charge in [-0.15, -0.1) is 0 Å². The molecule has 1 aliphatic heterocycles. The van der Waals surface area contributed by atoms with Gasteiger partial charge in [0.1, 0.15) is 24.4 Å². The van der Waals surface area contributed by atoms with Gasteiger partial charge in [-0.2, -0.15) is 13.2 Å². The molecule has 0 saturated carbocycles. The summed E-state index contributed by atoms with van der Waals surface area (Å²) in [5, 5.41) is 3.87. The molecule has 2 unspecified atom stereocenters. The van der Waals surface area contributed by atoms with Crippen LogP contribution in [0.2, 0.25) is 0 Å². The predicted octanol–water partition coefficient (Wildman–Crippen LogP) is 4.89. The van der Waals surface area contributed by atoms with Crippen molar-refractivity contribution in [3.05, 3.63) is 47.3 Å². The van der Waals surface area contributed by atoms with E-state index in [0.29, 0.717) is 59.4 Å². The molecule has 2 heterocycles. The van der Waals surface area contributed by atoms with Crippen molar-refractivity contribution >= 4 is 22.4 Å². The summed E-state index contributed by atoms with van der Waals surface area (Å²) in [5.41, 5.74) is 5.99. The summed E-state index contributed by atoms with van der Waals surface area (Å²) in [6, 6.07) is 6.56. The van der Waals surface area contributed by atoms with Crippen molar-refractivity contribution in [2.75, 3.05) is 30.9 Å². The summed E-state index contributed by atoms with van der Waals surface area (Å²) in [6.45, 7) is 6.62. The van der Waals surface area contributed by atoms with E-state index in [0.717, 1.165) is 12.1 Å². The fourth-order valence-electron chi connectivity index (χ4n) is 3.66. The highest BCUT2D eigenvalue weighted by atomic mass is 19.4. The lowest BCUT2D eigenvalue weighted by molar-refractivity contribution is -0.137. The lowest BCUT2D eigenvalue weighted by atomic mass is 10.0. The van der Waals surface area contributed by atoms with Crippen LogP contribution in [0.25, 0.3) is 10.9 Å². The van der Waals surface area contributed by atoms with E-state index in [4.69, 9.17) is 19.9 Å². The first-order valence-electron chi connectivity index (χ1n) is 10.5. The Balaban J connectivity index is 1.73. The van der Waals surface area contributed by atoms with E-state index in [9.17, 15) is 13.2 Å². The monoisotopic (exact) mass is 462 g/mol. The predicted molar refractivity (Wildman–Crippen MR) is 119 cm³/mol. The number of nitrogens with one attached hydrogen (secondary N) is 1. The van der Waals surface area contributed by atoms with Crippen LogP contribution >= 0.6 is 0 Å². The van der Waals surface area contributed by atoms with Gasteiger partial charge in [0.25, 0.3) is 0 Å². The number of hydrogen-bond donors (Lipinski definition) is 2. The number of alkyl halides is 3. The molecule has 0 fully saturated rings. The van der Waals surface area contributed by atoms with Crippen molar-refractivity contribution in [1.82, 2.24) is 9.97 Å². The molecule has 3 N–H and O–H groups in total. The summed E-state index contributed by atoms with van der Waals surface area (Å²) in [7, 11) is 0. The summed E-state index contributed by atoms with van der Waals surface area (Å²) < 4.78 is 57.1. The molecular weight excluding hydrogens is 437 g/mol. The second-order valence-corrected chi connectivity index (χ2v) is 8.04. The van der Waals surface area contributed by atoms with E-state index in [-0.39, 0.29) is 11.8 Å². The second-order valence-electron chi connectivity index (χ2n) is 8.04. The molecule has 3 aromatic rings. The maximum atomic E-state index is 13.3. The molecule has 2 aromatic carbocycles. The molecular formula is C23H25F3N4O3. The molecule has 10 heteroatoms. The van der Waals surface area contributed by atoms with Crippen LogP contribution < -0.4 is 20.5 Å². The zero-order valence-corrected chi connectivity index (χ0v) is 18.5. The standard InChI is InChI=1S/C23H25F3N4O3/c1-12-11-31-4-5-32-20-10-19-18(9-21(20)33-12)22(30-14(3)29-19)28-13(2)15-6-16(23(24,25)26)8-17(27)7-15/h6-10,12-13H,4-5,11,27H2,1-3H3,(H,28,29,30). The van der Waals surface area contributed by atoms with Crippen LogP contribution in [0.15, 0.2) is 30.3 Å². The topological polar surface area (TPSA) is 91.5 Å². The third-order valence-corrected chi connectivity index (χ3v) is 5.20. The number of rotatable bonds is 3. The molecule has 33 heavy (non-hydrogen) atoms. The molecule has 7 nitrogen and oxygen atoms in total. The molecule has 1 aliphatic rings. The van der Waals surface area contributed by atoms with Gasteiger partial charge < -0.3 is 25.3 Å². The molecule has 0 saturated heterocycles. The lowest BCUT2D eigenvalue weighted by Gasteiger charge is -2.20. The van der Waals surface area contributed by atoms with E-state index < -0.39 is 17.8 Å². The lowest BCUT2D eigenvalue weighted by Crippen LogP contribution is -2.19. The average Bonchev–Trinajstić information content (AvgIpc) is 2.81. The van der Waals surface area contributed by atoms with Crippen LogP contribution in [0, 0.1) is 6.92 Å². The van der Waals surface area contributed by atoms with Gasteiger partial charge in [-0.25, -0.2) is 9.97 Å². The third kappa shape index (κ3) is 5.22. The molecule has 0 spiro atoms. The Kier molecular flexibility index (Phi) is 6.20. The van der Waals surface area contributed by atoms with Crippen molar-refractivity contribution < 1.29 is 27.4 Å². The summed E-state index contributed by atoms with van der Waals surface area (Å²) in [5.74, 6) is 2.03. The number of halogens is 3. The highest BCUT2D eigenvalue weighted by Gasteiger charge is 2.31. The van der Waals surface area contributed by atoms with E-state index in [2.05, 4.69) is 15.3 Å². The Hall–Kier alpha value is -3.27. The smallest absolute Gasteiger partial charge is 0.416 e. The Morgan fingerprint density at radius 1 is 1.09 bits per heavy atom. The largest absolute Gasteiger partial charge is 0.487 e. The first kappa shape index (κ1) is 22.9. The normalized spacial score (nSPS) is 17.7. The third-order valence-electron chi connectivity index (χ3n) is 5.20. The van der Waals surface area contributed by atoms with Crippen molar-refractivity contribution in [2.24, 2.45) is 0 Å². The highest BCUT2D eigenvalue weighted by Crippen LogP contribution is 2.37. The molecule has 176 valence electrons. The summed E-state index contributed by atoms with van der Waals surface area (Å²) >= 11 is 0. The van der Waals surface area contributed by atoms with Gasteiger partial charge in [0, 0.05) is 17.1 Å². The zero-order valence-electron chi connectivity index (χ0n) is 18.5. The quantitative estimate of drug-likeness (QED) is 0.536. The number of nitrogens with zero attached hydrogens (tertiary/aromatic N) is 2. The minimum Gasteiger partial charge on any atom is -0.487 e. The fourth-order valence-corrected chi connectivity index (χ4v) is 3.66. The van der Waals surface area contributed by atoms with Crippen molar-refractivity contribution in [3.63, 3.8) is 0 Å². The molecule has 0 amide bonds. The number of hydrogen-bond acceptors (Lipinski definition) is 7. The molecule has 0 radical (unpaired) electrons. The van der Waals surface area contributed by atoms with Crippen LogP contribution in [0.5, 0.6) is 11.5 Å². The minimum absolute atomic E-state index is 0.0383. The van der Waals surface area contributed by atoms with Gasteiger partial charge in [0.2, 0.25) is 0 Å². The minimum atomic E-state index is -4.49. The maximum absolute atomic E-state index is 13.3. The molecule has 2 atom stereocenters. The van der Waals surface area contributed by atoms with Crippen LogP contribution in [-0.4, -0.2) is 35.9 Å². The first-order valence-corrected chi connectivity index (χ1v) is 10.5. The SMILES string of the molecule is Cc1nc(NC(C)c2cc(N)cc(C(F)(F)F)c2)c2cc3c(cc2n1)OCCOCC(C)O3. The van der Waals surface area contributed by atoms with Crippen molar-refractivity contribution in [2.45, 2.75) is 39.1 Å². The number of anilines is 2. The van der Waals surface area contributed by atoms with Gasteiger partial charge in [0.05, 0.1) is 30.3 Å². The molecule has 0 bridgehead atoms. The Labute approximate surface area is 189 Å². The molecule has 1 aromatic heterocycles. The van der Waals surface area contributed by atoms with Gasteiger partial charge in [-0.3, -0.25) is 0 Å². The van der Waals surface area contributed by atoms with Crippen LogP contribution in [0.1, 0.15) is 36.8 Å². The number of nitrogens with two attached hydrogens (primary N) is 1. The maximum Gasteiger partial charge on any atom is 0.416 e. The van der Waals surface area contributed by atoms with Crippen molar-refractivity contribution in [1.29, 1.82) is 0 Å². The number of nitrogen functional groups attached to an aromatic ring is 1. The molecule has 4 rings (SSSR count). The Morgan fingerprint density at radius 3 is 2.64 bits per heavy atom. The van der Waals surface area contributed by atoms with Gasteiger partial charge >= 0.3 is 6.18 Å². The Morgan fingerprint density at radius 2 is 1.88 bits per heavy atom. The van der Waals surface area contributed by atoms with Gasteiger partial charge in [-0.05, 0) is 50.6 Å². The first-order chi connectivity index (χ1) is 15.6. The van der Waals surface area contributed by atoms with E-state index in [1.807, 2.05) is 6.92 Å². The van der Waals surface area contributed by atoms with Crippen molar-refractivity contribution in [3.8, 4) is 11.5 Å². The van der Waals surface area contributed by atoms with Crippen LogP contribution in [0.3, 0.4) is 0 Å². The summed E-state index contributed by atoms with van der Waals surface area (Å²) in [4.78, 5) is 8.99. The zero-order chi connectivity index (χ0) is 23.8. The summed E-state index contributed by atoms with van der Waals surface area (Å²) in [6.07, 6.45) is -4.69. The Bertz CT molecular complexity index is 1170. The van der Waals surface area contributed by atoms with Crippen LogP contribution in [-0.2, 0) is 10.9 Å². The van der Waals surface area contributed by atoms with E-state index >= 15 is 0 Å². The second kappa shape index (κ2) is 8.93. The number of aromatic nitrogens is 2. The number of fused-ring (bicyclic) bond motifs is 2.